The van der Waals surface area contributed by atoms with Crippen LogP contribution in [0.1, 0.15) is 12.5 Å². The first-order valence-corrected chi connectivity index (χ1v) is 9.36. The Morgan fingerprint density at radius 1 is 1.28 bits per heavy atom. The average Bonchev–Trinajstić information content (AvgIpc) is 2.31. The Bertz CT molecular complexity index is 545. The van der Waals surface area contributed by atoms with Crippen molar-refractivity contribution in [2.75, 3.05) is 12.4 Å². The molecule has 0 amide bonds. The zero-order valence-electron chi connectivity index (χ0n) is 10.2. The van der Waals surface area contributed by atoms with Gasteiger partial charge in [0.05, 0.1) is 4.90 Å². The number of hydrogen-bond donors (Lipinski definition) is 0. The van der Waals surface area contributed by atoms with Gasteiger partial charge in [-0.1, -0.05) is 31.9 Å². The molecule has 3 nitrogen and oxygen atoms in total. The minimum absolute atomic E-state index is 0.109. The third kappa shape index (κ3) is 3.36. The first kappa shape index (κ1) is 16.6. The fraction of sp³-hybridized carbons (Fsp3) is 0.455. The fourth-order valence-electron chi connectivity index (χ4n) is 1.31. The lowest BCUT2D eigenvalue weighted by Crippen LogP contribution is -2.36. The van der Waals surface area contributed by atoms with Crippen molar-refractivity contribution in [3.05, 3.63) is 26.6 Å². The van der Waals surface area contributed by atoms with Gasteiger partial charge in [0.1, 0.15) is 0 Å². The van der Waals surface area contributed by atoms with Crippen molar-refractivity contribution in [3.63, 3.8) is 0 Å². The van der Waals surface area contributed by atoms with Gasteiger partial charge in [-0.25, -0.2) is 8.42 Å². The number of aryl methyl sites for hydroxylation is 1. The van der Waals surface area contributed by atoms with Crippen LogP contribution in [-0.4, -0.2) is 31.1 Å². The molecule has 0 bridgehead atoms. The van der Waals surface area contributed by atoms with Gasteiger partial charge < -0.3 is 0 Å². The van der Waals surface area contributed by atoms with Crippen molar-refractivity contribution >= 4 is 57.8 Å². The van der Waals surface area contributed by atoms with E-state index in [1.54, 1.807) is 19.2 Å². The van der Waals surface area contributed by atoms with Crippen LogP contribution < -0.4 is 0 Å². The molecule has 0 aliphatic heterocycles. The molecule has 0 aliphatic rings. The summed E-state index contributed by atoms with van der Waals surface area (Å²) in [7, 11) is -1.91. The topological polar surface area (TPSA) is 37.4 Å². The van der Waals surface area contributed by atoms with Gasteiger partial charge in [0.2, 0.25) is 10.0 Å². The van der Waals surface area contributed by atoms with Gasteiger partial charge in [-0.05, 0) is 47.5 Å². The van der Waals surface area contributed by atoms with E-state index in [9.17, 15) is 8.42 Å². The van der Waals surface area contributed by atoms with Crippen LogP contribution in [0.15, 0.2) is 26.0 Å². The summed E-state index contributed by atoms with van der Waals surface area (Å²) in [5.74, 6) is 0. The highest BCUT2D eigenvalue weighted by molar-refractivity contribution is 9.11. The molecule has 0 aliphatic carbocycles. The van der Waals surface area contributed by atoms with Crippen LogP contribution in [0.25, 0.3) is 0 Å². The van der Waals surface area contributed by atoms with Crippen LogP contribution >= 0.6 is 47.8 Å². The summed E-state index contributed by atoms with van der Waals surface area (Å²) < 4.78 is 27.7. The Kier molecular flexibility index (Phi) is 5.86. The molecule has 1 atom stereocenters. The Morgan fingerprint density at radius 3 is 2.33 bits per heavy atom. The highest BCUT2D eigenvalue weighted by Crippen LogP contribution is 2.31. The van der Waals surface area contributed by atoms with E-state index < -0.39 is 10.0 Å². The SMILES string of the molecule is Cc1cc(Br)c(S(=O)(=O)N(C)C(C)CBr)cc1Br. The van der Waals surface area contributed by atoms with E-state index in [0.29, 0.717) is 9.80 Å². The monoisotopic (exact) mass is 461 g/mol. The molecule has 0 radical (unpaired) electrons. The van der Waals surface area contributed by atoms with Gasteiger partial charge in [0, 0.05) is 27.4 Å². The summed E-state index contributed by atoms with van der Waals surface area (Å²) in [6.07, 6.45) is 0. The number of alkyl halides is 1. The molecule has 0 fully saturated rings. The summed E-state index contributed by atoms with van der Waals surface area (Å²) >= 11 is 9.98. The quantitative estimate of drug-likeness (QED) is 0.634. The van der Waals surface area contributed by atoms with Gasteiger partial charge in [-0.15, -0.1) is 0 Å². The number of benzene rings is 1. The highest BCUT2D eigenvalue weighted by atomic mass is 79.9. The summed E-state index contributed by atoms with van der Waals surface area (Å²) in [6, 6.07) is 3.32. The number of nitrogens with zero attached hydrogens (tertiary/aromatic N) is 1. The van der Waals surface area contributed by atoms with Crippen molar-refractivity contribution in [2.24, 2.45) is 0 Å². The van der Waals surface area contributed by atoms with Gasteiger partial charge in [0.25, 0.3) is 0 Å². The van der Waals surface area contributed by atoms with Crippen molar-refractivity contribution in [2.45, 2.75) is 24.8 Å². The maximum Gasteiger partial charge on any atom is 0.244 e. The second kappa shape index (κ2) is 6.35. The smallest absolute Gasteiger partial charge is 0.207 e. The van der Waals surface area contributed by atoms with Crippen molar-refractivity contribution in [3.8, 4) is 0 Å². The summed E-state index contributed by atoms with van der Waals surface area (Å²) in [4.78, 5) is 0.273. The van der Waals surface area contributed by atoms with E-state index >= 15 is 0 Å². The van der Waals surface area contributed by atoms with Crippen LogP contribution in [0.3, 0.4) is 0 Å². The predicted molar refractivity (Wildman–Crippen MR) is 84.8 cm³/mol. The molecular formula is C11H14Br3NO2S. The molecule has 0 aromatic heterocycles. The second-order valence-corrected chi connectivity index (χ2v) is 8.38. The lowest BCUT2D eigenvalue weighted by Gasteiger charge is -2.23. The van der Waals surface area contributed by atoms with E-state index in [1.165, 1.54) is 4.31 Å². The molecule has 0 heterocycles. The number of sulfonamides is 1. The third-order valence-corrected chi connectivity index (χ3v) is 7.44. The van der Waals surface area contributed by atoms with Crippen molar-refractivity contribution < 1.29 is 8.42 Å². The molecule has 1 rings (SSSR count). The van der Waals surface area contributed by atoms with Gasteiger partial charge in [-0.3, -0.25) is 0 Å². The lowest BCUT2D eigenvalue weighted by atomic mass is 10.2. The summed E-state index contributed by atoms with van der Waals surface area (Å²) in [6.45, 7) is 3.76. The van der Waals surface area contributed by atoms with Gasteiger partial charge in [0.15, 0.2) is 0 Å². The Morgan fingerprint density at radius 2 is 1.83 bits per heavy atom. The van der Waals surface area contributed by atoms with E-state index in [2.05, 4.69) is 47.8 Å². The number of hydrogen-bond acceptors (Lipinski definition) is 2. The van der Waals surface area contributed by atoms with E-state index in [0.717, 1.165) is 10.0 Å². The Balaban J connectivity index is 3.33. The van der Waals surface area contributed by atoms with E-state index in [-0.39, 0.29) is 10.9 Å². The van der Waals surface area contributed by atoms with Crippen LogP contribution in [0, 0.1) is 6.92 Å². The minimum atomic E-state index is -3.49. The van der Waals surface area contributed by atoms with E-state index in [1.807, 2.05) is 13.8 Å². The molecule has 1 aromatic carbocycles. The van der Waals surface area contributed by atoms with Crippen molar-refractivity contribution in [1.82, 2.24) is 4.31 Å². The molecule has 1 aromatic rings. The third-order valence-electron chi connectivity index (χ3n) is 2.71. The molecule has 0 N–H and O–H groups in total. The molecule has 18 heavy (non-hydrogen) atoms. The molecule has 0 saturated carbocycles. The first-order valence-electron chi connectivity index (χ1n) is 5.21. The maximum atomic E-state index is 12.5. The van der Waals surface area contributed by atoms with Crippen LogP contribution in [0.2, 0.25) is 0 Å². The van der Waals surface area contributed by atoms with Crippen LogP contribution in [0.4, 0.5) is 0 Å². The average molecular weight is 464 g/mol. The largest absolute Gasteiger partial charge is 0.244 e. The normalized spacial score (nSPS) is 13.9. The van der Waals surface area contributed by atoms with E-state index in [4.69, 9.17) is 0 Å². The second-order valence-electron chi connectivity index (χ2n) is 4.06. The number of rotatable bonds is 4. The van der Waals surface area contributed by atoms with Gasteiger partial charge in [-0.2, -0.15) is 4.31 Å². The summed E-state index contributed by atoms with van der Waals surface area (Å²) in [5.41, 5.74) is 0.983. The van der Waals surface area contributed by atoms with Gasteiger partial charge >= 0.3 is 0 Å². The van der Waals surface area contributed by atoms with Crippen LogP contribution in [0.5, 0.6) is 0 Å². The Labute approximate surface area is 133 Å². The lowest BCUT2D eigenvalue weighted by molar-refractivity contribution is 0.416. The zero-order chi connectivity index (χ0) is 14.1. The molecular weight excluding hydrogens is 450 g/mol. The number of halogens is 3. The van der Waals surface area contributed by atoms with Crippen molar-refractivity contribution in [1.29, 1.82) is 0 Å². The maximum absolute atomic E-state index is 12.5. The van der Waals surface area contributed by atoms with Crippen LogP contribution in [-0.2, 0) is 10.0 Å². The Hall–Kier alpha value is 0.570. The molecule has 0 saturated heterocycles. The molecule has 102 valence electrons. The minimum Gasteiger partial charge on any atom is -0.207 e. The fourth-order valence-corrected chi connectivity index (χ4v) is 4.94. The highest BCUT2D eigenvalue weighted by Gasteiger charge is 2.27. The molecule has 1 unspecified atom stereocenters. The first-order chi connectivity index (χ1) is 8.21. The molecule has 7 heteroatoms. The predicted octanol–water partition coefficient (Wildman–Crippen LogP) is 3.92. The molecule has 0 spiro atoms. The summed E-state index contributed by atoms with van der Waals surface area (Å²) in [5, 5.41) is 0.591. The zero-order valence-corrected chi connectivity index (χ0v) is 15.8. The standard InChI is InChI=1S/C11H14Br3NO2S/c1-7-4-10(14)11(5-9(7)13)18(16,17)15(3)8(2)6-12/h4-5,8H,6H2,1-3H3.